The van der Waals surface area contributed by atoms with Crippen LogP contribution in [-0.2, 0) is 0 Å². The number of amides is 1. The van der Waals surface area contributed by atoms with Crippen LogP contribution in [0, 0.1) is 6.92 Å². The Balaban J connectivity index is 1.82. The standard InChI is InChI=1S/C18H18N2O3S/c1-4-23-13-7-8-14-16(10-13)24-18(19-14)20-17(21)12-6-5-11(2)15(9-12)22-3/h5-10H,4H2,1-3H3,(H,19,20,21). The molecule has 124 valence electrons. The van der Waals surface area contributed by atoms with Crippen molar-refractivity contribution < 1.29 is 14.3 Å². The summed E-state index contributed by atoms with van der Waals surface area (Å²) in [6.07, 6.45) is 0. The van der Waals surface area contributed by atoms with E-state index in [1.807, 2.05) is 38.1 Å². The number of rotatable bonds is 5. The summed E-state index contributed by atoms with van der Waals surface area (Å²) in [7, 11) is 1.59. The molecule has 0 bridgehead atoms. The molecule has 5 nitrogen and oxygen atoms in total. The van der Waals surface area contributed by atoms with Gasteiger partial charge in [0.05, 0.1) is 23.9 Å². The summed E-state index contributed by atoms with van der Waals surface area (Å²) in [5, 5.41) is 3.40. The van der Waals surface area contributed by atoms with Crippen LogP contribution in [0.3, 0.4) is 0 Å². The van der Waals surface area contributed by atoms with Gasteiger partial charge in [-0.05, 0) is 49.7 Å². The van der Waals surface area contributed by atoms with Gasteiger partial charge in [0.15, 0.2) is 5.13 Å². The van der Waals surface area contributed by atoms with Crippen molar-refractivity contribution in [2.24, 2.45) is 0 Å². The van der Waals surface area contributed by atoms with Gasteiger partial charge in [0, 0.05) is 5.56 Å². The van der Waals surface area contributed by atoms with Crippen molar-refractivity contribution in [2.75, 3.05) is 19.0 Å². The van der Waals surface area contributed by atoms with Crippen molar-refractivity contribution in [3.05, 3.63) is 47.5 Å². The molecule has 1 heterocycles. The van der Waals surface area contributed by atoms with Gasteiger partial charge in [0.1, 0.15) is 11.5 Å². The Kier molecular flexibility index (Phi) is 4.66. The molecule has 0 saturated heterocycles. The molecule has 1 amide bonds. The van der Waals surface area contributed by atoms with Crippen LogP contribution < -0.4 is 14.8 Å². The molecule has 1 aromatic heterocycles. The lowest BCUT2D eigenvalue weighted by atomic mass is 10.1. The second-order valence-electron chi connectivity index (χ2n) is 5.22. The van der Waals surface area contributed by atoms with Gasteiger partial charge < -0.3 is 9.47 Å². The molecule has 0 aliphatic carbocycles. The minimum atomic E-state index is -0.211. The first-order valence-electron chi connectivity index (χ1n) is 7.60. The molecule has 3 aromatic rings. The molecule has 0 spiro atoms. The monoisotopic (exact) mass is 342 g/mol. The van der Waals surface area contributed by atoms with Crippen molar-refractivity contribution in [3.8, 4) is 11.5 Å². The van der Waals surface area contributed by atoms with E-state index in [-0.39, 0.29) is 5.91 Å². The Morgan fingerprint density at radius 1 is 1.25 bits per heavy atom. The quantitative estimate of drug-likeness (QED) is 0.752. The first-order valence-corrected chi connectivity index (χ1v) is 8.41. The zero-order chi connectivity index (χ0) is 17.1. The molecule has 6 heteroatoms. The van der Waals surface area contributed by atoms with Crippen LogP contribution in [0.4, 0.5) is 5.13 Å². The van der Waals surface area contributed by atoms with Gasteiger partial charge in [0.25, 0.3) is 5.91 Å². The number of hydrogen-bond donors (Lipinski definition) is 1. The molecule has 0 fully saturated rings. The molecule has 2 aromatic carbocycles. The number of fused-ring (bicyclic) bond motifs is 1. The van der Waals surface area contributed by atoms with Crippen LogP contribution in [0.15, 0.2) is 36.4 Å². The molecule has 0 unspecified atom stereocenters. The zero-order valence-electron chi connectivity index (χ0n) is 13.8. The molecule has 0 aliphatic rings. The van der Waals surface area contributed by atoms with Gasteiger partial charge in [-0.25, -0.2) is 4.98 Å². The number of benzene rings is 2. The molecular weight excluding hydrogens is 324 g/mol. The van der Waals surface area contributed by atoms with Crippen LogP contribution in [0.1, 0.15) is 22.8 Å². The first-order chi connectivity index (χ1) is 11.6. The molecule has 0 atom stereocenters. The molecule has 0 saturated carbocycles. The fourth-order valence-corrected chi connectivity index (χ4v) is 3.23. The van der Waals surface area contributed by atoms with Crippen molar-refractivity contribution in [3.63, 3.8) is 0 Å². The molecule has 3 rings (SSSR count). The van der Waals surface area contributed by atoms with Crippen molar-refractivity contribution in [2.45, 2.75) is 13.8 Å². The summed E-state index contributed by atoms with van der Waals surface area (Å²) < 4.78 is 11.7. The third kappa shape index (κ3) is 3.33. The van der Waals surface area contributed by atoms with Crippen molar-refractivity contribution in [1.82, 2.24) is 4.98 Å². The van der Waals surface area contributed by atoms with E-state index in [0.29, 0.717) is 23.1 Å². The fourth-order valence-electron chi connectivity index (χ4n) is 2.35. The smallest absolute Gasteiger partial charge is 0.257 e. The number of carbonyl (C=O) groups excluding carboxylic acids is 1. The summed E-state index contributed by atoms with van der Waals surface area (Å²) in [4.78, 5) is 16.9. The lowest BCUT2D eigenvalue weighted by molar-refractivity contribution is 0.102. The maximum Gasteiger partial charge on any atom is 0.257 e. The number of aryl methyl sites for hydroxylation is 1. The lowest BCUT2D eigenvalue weighted by Gasteiger charge is -2.07. The minimum absolute atomic E-state index is 0.211. The Hall–Kier alpha value is -2.60. The summed E-state index contributed by atoms with van der Waals surface area (Å²) in [5.74, 6) is 1.28. The molecule has 1 N–H and O–H groups in total. The summed E-state index contributed by atoms with van der Waals surface area (Å²) in [6.45, 7) is 4.49. The highest BCUT2D eigenvalue weighted by molar-refractivity contribution is 7.22. The number of aromatic nitrogens is 1. The number of methoxy groups -OCH3 is 1. The van der Waals surface area contributed by atoms with Crippen molar-refractivity contribution in [1.29, 1.82) is 0 Å². The minimum Gasteiger partial charge on any atom is -0.496 e. The van der Waals surface area contributed by atoms with Gasteiger partial charge in [-0.15, -0.1) is 0 Å². The SMILES string of the molecule is CCOc1ccc2nc(NC(=O)c3ccc(C)c(OC)c3)sc2c1. The molecular formula is C18H18N2O3S. The highest BCUT2D eigenvalue weighted by Crippen LogP contribution is 2.29. The number of hydrogen-bond acceptors (Lipinski definition) is 5. The van der Waals surface area contributed by atoms with E-state index in [2.05, 4.69) is 10.3 Å². The second kappa shape index (κ2) is 6.88. The molecule has 0 radical (unpaired) electrons. The van der Waals surface area contributed by atoms with Crippen LogP contribution in [-0.4, -0.2) is 24.6 Å². The fraction of sp³-hybridized carbons (Fsp3) is 0.222. The van der Waals surface area contributed by atoms with Crippen LogP contribution >= 0.6 is 11.3 Å². The number of ether oxygens (including phenoxy) is 2. The van der Waals surface area contributed by atoms with Gasteiger partial charge in [-0.2, -0.15) is 0 Å². The maximum atomic E-state index is 12.4. The highest BCUT2D eigenvalue weighted by Gasteiger charge is 2.12. The highest BCUT2D eigenvalue weighted by atomic mass is 32.1. The summed E-state index contributed by atoms with van der Waals surface area (Å²) in [5.41, 5.74) is 2.35. The molecule has 0 aliphatic heterocycles. The number of thiazole rings is 1. The normalized spacial score (nSPS) is 10.6. The van der Waals surface area contributed by atoms with E-state index >= 15 is 0 Å². The number of nitrogens with zero attached hydrogens (tertiary/aromatic N) is 1. The maximum absolute atomic E-state index is 12.4. The van der Waals surface area contributed by atoms with E-state index in [1.54, 1.807) is 19.2 Å². The Labute approximate surface area is 144 Å². The van der Waals surface area contributed by atoms with E-state index in [1.165, 1.54) is 11.3 Å². The number of carbonyl (C=O) groups is 1. The van der Waals surface area contributed by atoms with E-state index < -0.39 is 0 Å². The van der Waals surface area contributed by atoms with E-state index in [9.17, 15) is 4.79 Å². The molecule has 24 heavy (non-hydrogen) atoms. The Morgan fingerprint density at radius 3 is 2.83 bits per heavy atom. The van der Waals surface area contributed by atoms with E-state index in [0.717, 1.165) is 21.5 Å². The largest absolute Gasteiger partial charge is 0.496 e. The first kappa shape index (κ1) is 16.3. The van der Waals surface area contributed by atoms with Crippen molar-refractivity contribution >= 4 is 32.6 Å². The third-order valence-electron chi connectivity index (χ3n) is 3.56. The Bertz CT molecular complexity index is 889. The van der Waals surface area contributed by atoms with Gasteiger partial charge in [-0.3, -0.25) is 10.1 Å². The van der Waals surface area contributed by atoms with E-state index in [4.69, 9.17) is 9.47 Å². The van der Waals surface area contributed by atoms with Gasteiger partial charge in [0.2, 0.25) is 0 Å². The number of anilines is 1. The van der Waals surface area contributed by atoms with Gasteiger partial charge >= 0.3 is 0 Å². The third-order valence-corrected chi connectivity index (χ3v) is 4.50. The number of nitrogens with one attached hydrogen (secondary N) is 1. The lowest BCUT2D eigenvalue weighted by Crippen LogP contribution is -2.11. The van der Waals surface area contributed by atoms with Crippen LogP contribution in [0.5, 0.6) is 11.5 Å². The second-order valence-corrected chi connectivity index (χ2v) is 6.25. The van der Waals surface area contributed by atoms with Crippen LogP contribution in [0.25, 0.3) is 10.2 Å². The topological polar surface area (TPSA) is 60.5 Å². The van der Waals surface area contributed by atoms with Gasteiger partial charge in [-0.1, -0.05) is 17.4 Å². The summed E-state index contributed by atoms with van der Waals surface area (Å²) >= 11 is 1.42. The predicted octanol–water partition coefficient (Wildman–Crippen LogP) is 4.26. The average Bonchev–Trinajstić information content (AvgIpc) is 2.97. The average molecular weight is 342 g/mol. The summed E-state index contributed by atoms with van der Waals surface area (Å²) in [6, 6.07) is 11.1. The van der Waals surface area contributed by atoms with Crippen LogP contribution in [0.2, 0.25) is 0 Å². The Morgan fingerprint density at radius 2 is 2.08 bits per heavy atom. The predicted molar refractivity (Wildman–Crippen MR) is 96.5 cm³/mol. The zero-order valence-corrected chi connectivity index (χ0v) is 14.6.